The summed E-state index contributed by atoms with van der Waals surface area (Å²) in [5, 5.41) is 5.80. The summed E-state index contributed by atoms with van der Waals surface area (Å²) < 4.78 is 4.96. The Morgan fingerprint density at radius 2 is 2.12 bits per heavy atom. The minimum atomic E-state index is -0.126. The molecule has 1 rings (SSSR count). The van der Waals surface area contributed by atoms with Gasteiger partial charge >= 0.3 is 6.03 Å². The summed E-state index contributed by atoms with van der Waals surface area (Å²) in [6, 6.07) is 0.0997. The highest BCUT2D eigenvalue weighted by molar-refractivity contribution is 5.74. The summed E-state index contributed by atoms with van der Waals surface area (Å²) in [6.45, 7) is 0.848. The van der Waals surface area contributed by atoms with Gasteiger partial charge in [0.05, 0.1) is 12.6 Å². The van der Waals surface area contributed by atoms with Crippen molar-refractivity contribution in [2.24, 2.45) is 5.73 Å². The third-order valence-corrected chi connectivity index (χ3v) is 2.93. The zero-order valence-corrected chi connectivity index (χ0v) is 10.00. The molecule has 0 aromatic heterocycles. The molecule has 0 bridgehead atoms. The first-order chi connectivity index (χ1) is 7.76. The van der Waals surface area contributed by atoms with Gasteiger partial charge in [0, 0.05) is 19.7 Å². The van der Waals surface area contributed by atoms with E-state index >= 15 is 0 Å². The number of hydrogen-bond acceptors (Lipinski definition) is 3. The lowest BCUT2D eigenvalue weighted by Gasteiger charge is -2.24. The largest absolute Gasteiger partial charge is 0.383 e. The Morgan fingerprint density at radius 1 is 1.44 bits per heavy atom. The van der Waals surface area contributed by atoms with Gasteiger partial charge in [-0.3, -0.25) is 0 Å². The number of nitrogens with two attached hydrogens (primary N) is 1. The second-order valence-electron chi connectivity index (χ2n) is 4.34. The highest BCUT2D eigenvalue weighted by atomic mass is 16.5. The van der Waals surface area contributed by atoms with Crippen molar-refractivity contribution in [3.05, 3.63) is 0 Å². The SMILES string of the molecule is COCC(CN)NC(=O)NC1CCCCC1. The topological polar surface area (TPSA) is 76.4 Å². The van der Waals surface area contributed by atoms with Crippen LogP contribution in [0.15, 0.2) is 0 Å². The number of ether oxygens (including phenoxy) is 1. The van der Waals surface area contributed by atoms with Crippen LogP contribution in [0.4, 0.5) is 4.79 Å². The van der Waals surface area contributed by atoms with Crippen LogP contribution in [0.1, 0.15) is 32.1 Å². The van der Waals surface area contributed by atoms with Gasteiger partial charge in [0.1, 0.15) is 0 Å². The lowest BCUT2D eigenvalue weighted by molar-refractivity contribution is 0.166. The van der Waals surface area contributed by atoms with Gasteiger partial charge < -0.3 is 21.1 Å². The summed E-state index contributed by atoms with van der Waals surface area (Å²) in [5.41, 5.74) is 5.52. The van der Waals surface area contributed by atoms with Crippen LogP contribution in [0.5, 0.6) is 0 Å². The molecule has 2 amide bonds. The predicted molar refractivity (Wildman–Crippen MR) is 63.3 cm³/mol. The summed E-state index contributed by atoms with van der Waals surface area (Å²) in [6.07, 6.45) is 5.89. The molecule has 0 heterocycles. The van der Waals surface area contributed by atoms with E-state index in [1.807, 2.05) is 0 Å². The maximum Gasteiger partial charge on any atom is 0.315 e. The Morgan fingerprint density at radius 3 is 2.69 bits per heavy atom. The lowest BCUT2D eigenvalue weighted by atomic mass is 9.96. The normalized spacial score (nSPS) is 19.1. The third-order valence-electron chi connectivity index (χ3n) is 2.93. The molecule has 0 spiro atoms. The molecule has 1 aliphatic carbocycles. The van der Waals surface area contributed by atoms with E-state index < -0.39 is 0 Å². The Labute approximate surface area is 97.1 Å². The van der Waals surface area contributed by atoms with Crippen molar-refractivity contribution in [2.75, 3.05) is 20.3 Å². The van der Waals surface area contributed by atoms with Crippen LogP contribution in [-0.2, 0) is 4.74 Å². The van der Waals surface area contributed by atoms with E-state index in [2.05, 4.69) is 10.6 Å². The Kier molecular flexibility index (Phi) is 6.18. The first-order valence-corrected chi connectivity index (χ1v) is 6.02. The smallest absolute Gasteiger partial charge is 0.315 e. The number of carbonyl (C=O) groups is 1. The Hall–Kier alpha value is -0.810. The third kappa shape index (κ3) is 4.81. The molecule has 5 heteroatoms. The molecule has 1 atom stereocenters. The highest BCUT2D eigenvalue weighted by Crippen LogP contribution is 2.17. The molecule has 94 valence electrons. The second-order valence-corrected chi connectivity index (χ2v) is 4.34. The molecule has 4 N–H and O–H groups in total. The molecule has 0 aromatic carbocycles. The quantitative estimate of drug-likeness (QED) is 0.646. The van der Waals surface area contributed by atoms with E-state index in [1.54, 1.807) is 7.11 Å². The molecule has 0 aromatic rings. The van der Waals surface area contributed by atoms with E-state index in [0.29, 0.717) is 19.2 Å². The van der Waals surface area contributed by atoms with Crippen molar-refractivity contribution < 1.29 is 9.53 Å². The first-order valence-electron chi connectivity index (χ1n) is 6.02. The average Bonchev–Trinajstić information content (AvgIpc) is 2.29. The van der Waals surface area contributed by atoms with Gasteiger partial charge in [-0.1, -0.05) is 19.3 Å². The molecule has 0 aliphatic heterocycles. The van der Waals surface area contributed by atoms with Gasteiger partial charge in [-0.15, -0.1) is 0 Å². The zero-order valence-electron chi connectivity index (χ0n) is 10.00. The average molecular weight is 229 g/mol. The molecule has 1 unspecified atom stereocenters. The number of rotatable bonds is 5. The molecule has 1 fully saturated rings. The summed E-state index contributed by atoms with van der Waals surface area (Å²) >= 11 is 0. The fraction of sp³-hybridized carbons (Fsp3) is 0.909. The fourth-order valence-corrected chi connectivity index (χ4v) is 2.03. The monoisotopic (exact) mass is 229 g/mol. The van der Waals surface area contributed by atoms with Crippen molar-refractivity contribution in [2.45, 2.75) is 44.2 Å². The van der Waals surface area contributed by atoms with Crippen molar-refractivity contribution in [3.63, 3.8) is 0 Å². The van der Waals surface area contributed by atoms with Gasteiger partial charge in [0.15, 0.2) is 0 Å². The maximum atomic E-state index is 11.6. The van der Waals surface area contributed by atoms with Crippen LogP contribution in [0.3, 0.4) is 0 Å². The Bertz CT molecular complexity index is 197. The fourth-order valence-electron chi connectivity index (χ4n) is 2.03. The number of amides is 2. The van der Waals surface area contributed by atoms with Crippen molar-refractivity contribution in [1.82, 2.24) is 10.6 Å². The number of methoxy groups -OCH3 is 1. The van der Waals surface area contributed by atoms with E-state index in [0.717, 1.165) is 12.8 Å². The highest BCUT2D eigenvalue weighted by Gasteiger charge is 2.17. The van der Waals surface area contributed by atoms with Crippen LogP contribution in [0.2, 0.25) is 0 Å². The van der Waals surface area contributed by atoms with E-state index in [4.69, 9.17) is 10.5 Å². The van der Waals surface area contributed by atoms with E-state index in [-0.39, 0.29) is 12.1 Å². The molecule has 5 nitrogen and oxygen atoms in total. The van der Waals surface area contributed by atoms with Crippen LogP contribution >= 0.6 is 0 Å². The number of nitrogens with one attached hydrogen (secondary N) is 2. The first kappa shape index (κ1) is 13.3. The van der Waals surface area contributed by atoms with Gasteiger partial charge in [-0.2, -0.15) is 0 Å². The number of urea groups is 1. The van der Waals surface area contributed by atoms with Gasteiger partial charge in [-0.25, -0.2) is 4.79 Å². The molecule has 1 saturated carbocycles. The standard InChI is InChI=1S/C11H23N3O2/c1-16-8-10(7-12)14-11(15)13-9-5-3-2-4-6-9/h9-10H,2-8,12H2,1H3,(H2,13,14,15). The second kappa shape index (κ2) is 7.46. The van der Waals surface area contributed by atoms with Crippen LogP contribution < -0.4 is 16.4 Å². The maximum absolute atomic E-state index is 11.6. The minimum Gasteiger partial charge on any atom is -0.383 e. The lowest BCUT2D eigenvalue weighted by Crippen LogP contribution is -2.50. The van der Waals surface area contributed by atoms with Gasteiger partial charge in [0.2, 0.25) is 0 Å². The van der Waals surface area contributed by atoms with Crippen molar-refractivity contribution >= 4 is 6.03 Å². The molecule has 0 radical (unpaired) electrons. The van der Waals surface area contributed by atoms with E-state index in [9.17, 15) is 4.79 Å². The molecular formula is C11H23N3O2. The molecule has 1 aliphatic rings. The van der Waals surface area contributed by atoms with Gasteiger partial charge in [-0.05, 0) is 12.8 Å². The zero-order chi connectivity index (χ0) is 11.8. The van der Waals surface area contributed by atoms with Crippen molar-refractivity contribution in [1.29, 1.82) is 0 Å². The predicted octanol–water partition coefficient (Wildman–Crippen LogP) is 0.592. The summed E-state index contributed by atoms with van der Waals surface area (Å²) in [5.74, 6) is 0. The van der Waals surface area contributed by atoms with Crippen LogP contribution in [0, 0.1) is 0 Å². The van der Waals surface area contributed by atoms with Gasteiger partial charge in [0.25, 0.3) is 0 Å². The summed E-state index contributed by atoms with van der Waals surface area (Å²) in [4.78, 5) is 11.6. The number of carbonyl (C=O) groups excluding carboxylic acids is 1. The molecule has 0 saturated heterocycles. The Balaban J connectivity index is 2.22. The van der Waals surface area contributed by atoms with E-state index in [1.165, 1.54) is 19.3 Å². The summed E-state index contributed by atoms with van der Waals surface area (Å²) in [7, 11) is 1.60. The number of hydrogen-bond donors (Lipinski definition) is 3. The van der Waals surface area contributed by atoms with Crippen LogP contribution in [-0.4, -0.2) is 38.4 Å². The van der Waals surface area contributed by atoms with Crippen molar-refractivity contribution in [3.8, 4) is 0 Å². The molecule has 16 heavy (non-hydrogen) atoms. The molecular weight excluding hydrogens is 206 g/mol. The van der Waals surface area contributed by atoms with Crippen LogP contribution in [0.25, 0.3) is 0 Å². The minimum absolute atomic E-state index is 0.103.